The first-order chi connectivity index (χ1) is 8.49. The van der Waals surface area contributed by atoms with E-state index < -0.39 is 5.82 Å². The third-order valence-electron chi connectivity index (χ3n) is 2.50. The van der Waals surface area contributed by atoms with Gasteiger partial charge in [-0.05, 0) is 35.6 Å². The monoisotopic (exact) mass is 302 g/mol. The molecular formula is C13H9Cl2FOS. The molecular weight excluding hydrogens is 294 g/mol. The van der Waals surface area contributed by atoms with Gasteiger partial charge in [-0.3, -0.25) is 4.79 Å². The molecule has 0 bridgehead atoms. The summed E-state index contributed by atoms with van der Waals surface area (Å²) in [5.74, 6) is -0.571. The maximum Gasteiger partial charge on any atom is 0.178 e. The van der Waals surface area contributed by atoms with Gasteiger partial charge in [0.25, 0.3) is 0 Å². The van der Waals surface area contributed by atoms with Crippen LogP contribution in [0.4, 0.5) is 4.39 Å². The van der Waals surface area contributed by atoms with E-state index in [-0.39, 0.29) is 17.2 Å². The number of aryl methyl sites for hydroxylation is 1. The highest BCUT2D eigenvalue weighted by Gasteiger charge is 2.15. The van der Waals surface area contributed by atoms with Crippen LogP contribution >= 0.6 is 34.5 Å². The van der Waals surface area contributed by atoms with Gasteiger partial charge in [-0.2, -0.15) is 0 Å². The largest absolute Gasteiger partial charge is 0.293 e. The van der Waals surface area contributed by atoms with E-state index in [0.29, 0.717) is 15.5 Å². The Bertz CT molecular complexity index is 607. The summed E-state index contributed by atoms with van der Waals surface area (Å²) < 4.78 is 13.0. The molecule has 0 unspecified atom stereocenters. The van der Waals surface area contributed by atoms with Crippen molar-refractivity contribution in [2.24, 2.45) is 0 Å². The summed E-state index contributed by atoms with van der Waals surface area (Å²) >= 11 is 13.0. The first-order valence-corrected chi connectivity index (χ1v) is 6.83. The fourth-order valence-corrected chi connectivity index (χ4v) is 2.98. The molecule has 0 spiro atoms. The summed E-state index contributed by atoms with van der Waals surface area (Å²) in [6.07, 6.45) is 0.166. The molecule has 0 saturated heterocycles. The summed E-state index contributed by atoms with van der Waals surface area (Å²) in [5, 5.41) is 2.36. The number of rotatable bonds is 3. The molecule has 1 nitrogen and oxygen atoms in total. The Morgan fingerprint density at radius 3 is 2.67 bits per heavy atom. The van der Waals surface area contributed by atoms with E-state index in [1.165, 1.54) is 23.5 Å². The van der Waals surface area contributed by atoms with Crippen molar-refractivity contribution >= 4 is 40.3 Å². The Morgan fingerprint density at radius 1 is 1.39 bits per heavy atom. The molecule has 0 radical (unpaired) electrons. The summed E-state index contributed by atoms with van der Waals surface area (Å²) in [7, 11) is 0. The van der Waals surface area contributed by atoms with Gasteiger partial charge in [0.2, 0.25) is 0 Å². The Hall–Kier alpha value is -0.900. The second-order valence-corrected chi connectivity index (χ2v) is 5.58. The highest BCUT2D eigenvalue weighted by molar-refractivity contribution is 7.13. The number of carbonyl (C=O) groups is 1. The van der Waals surface area contributed by atoms with E-state index >= 15 is 0 Å². The summed E-state index contributed by atoms with van der Waals surface area (Å²) in [6, 6.07) is 4.27. The lowest BCUT2D eigenvalue weighted by atomic mass is 10.1. The Kier molecular flexibility index (Phi) is 4.05. The predicted molar refractivity (Wildman–Crippen MR) is 73.5 cm³/mol. The second kappa shape index (κ2) is 5.39. The number of ketones is 1. The Labute approximate surface area is 118 Å². The highest BCUT2D eigenvalue weighted by Crippen LogP contribution is 2.28. The molecule has 0 aliphatic rings. The molecule has 0 N–H and O–H groups in total. The number of benzene rings is 1. The molecule has 2 aromatic rings. The van der Waals surface area contributed by atoms with Crippen LogP contribution < -0.4 is 0 Å². The van der Waals surface area contributed by atoms with Crippen LogP contribution in [0.25, 0.3) is 0 Å². The number of thiophene rings is 1. The van der Waals surface area contributed by atoms with Gasteiger partial charge in [-0.25, -0.2) is 4.39 Å². The van der Waals surface area contributed by atoms with Gasteiger partial charge in [-0.1, -0.05) is 29.3 Å². The summed E-state index contributed by atoms with van der Waals surface area (Å²) in [5.41, 5.74) is 1.57. The minimum absolute atomic E-state index is 0.0220. The van der Waals surface area contributed by atoms with Gasteiger partial charge in [0.15, 0.2) is 5.78 Å². The van der Waals surface area contributed by atoms with Crippen LogP contribution in [0.15, 0.2) is 23.6 Å². The molecule has 94 valence electrons. The lowest BCUT2D eigenvalue weighted by Gasteiger charge is -2.02. The van der Waals surface area contributed by atoms with Crippen molar-refractivity contribution < 1.29 is 9.18 Å². The standard InChI is InChI=1S/C13H9Cl2FOS/c1-7-6-18-13(12(7)15)11(17)5-8-2-3-10(16)9(14)4-8/h2-4,6H,5H2,1H3. The first-order valence-electron chi connectivity index (χ1n) is 5.19. The fourth-order valence-electron chi connectivity index (χ4n) is 1.53. The molecule has 18 heavy (non-hydrogen) atoms. The number of carbonyl (C=O) groups excluding carboxylic acids is 1. The molecule has 2 rings (SSSR count). The number of Topliss-reactive ketones (excluding diaryl/α,β-unsaturated/α-hetero) is 1. The van der Waals surface area contributed by atoms with Crippen LogP contribution in [0.2, 0.25) is 10.0 Å². The molecule has 0 fully saturated rings. The van der Waals surface area contributed by atoms with Crippen LogP contribution in [-0.2, 0) is 6.42 Å². The minimum atomic E-state index is -0.488. The van der Waals surface area contributed by atoms with Crippen LogP contribution in [0, 0.1) is 12.7 Å². The lowest BCUT2D eigenvalue weighted by Crippen LogP contribution is -2.02. The zero-order chi connectivity index (χ0) is 13.3. The van der Waals surface area contributed by atoms with Gasteiger partial charge in [0, 0.05) is 6.42 Å². The SMILES string of the molecule is Cc1csc(C(=O)Cc2ccc(F)c(Cl)c2)c1Cl. The van der Waals surface area contributed by atoms with E-state index in [1.54, 1.807) is 6.07 Å². The molecule has 1 aromatic carbocycles. The highest BCUT2D eigenvalue weighted by atomic mass is 35.5. The zero-order valence-electron chi connectivity index (χ0n) is 9.47. The predicted octanol–water partition coefficient (Wildman–Crippen LogP) is 4.93. The van der Waals surface area contributed by atoms with Crippen LogP contribution in [0.3, 0.4) is 0 Å². The van der Waals surface area contributed by atoms with E-state index in [4.69, 9.17) is 23.2 Å². The van der Waals surface area contributed by atoms with E-state index in [0.717, 1.165) is 5.56 Å². The average molecular weight is 303 g/mol. The van der Waals surface area contributed by atoms with E-state index in [1.807, 2.05) is 12.3 Å². The molecule has 0 amide bonds. The quantitative estimate of drug-likeness (QED) is 0.735. The first kappa shape index (κ1) is 13.5. The van der Waals surface area contributed by atoms with Gasteiger partial charge in [0.05, 0.1) is 14.9 Å². The zero-order valence-corrected chi connectivity index (χ0v) is 11.8. The maximum atomic E-state index is 13.0. The van der Waals surface area contributed by atoms with Crippen molar-refractivity contribution in [3.05, 3.63) is 55.4 Å². The van der Waals surface area contributed by atoms with Gasteiger partial charge < -0.3 is 0 Å². The van der Waals surface area contributed by atoms with Crippen LogP contribution in [-0.4, -0.2) is 5.78 Å². The molecule has 0 atom stereocenters. The van der Waals surface area contributed by atoms with Gasteiger partial charge in [-0.15, -0.1) is 11.3 Å². The Morgan fingerprint density at radius 2 is 2.11 bits per heavy atom. The van der Waals surface area contributed by atoms with Crippen molar-refractivity contribution in [2.45, 2.75) is 13.3 Å². The average Bonchev–Trinajstić information content (AvgIpc) is 2.65. The summed E-state index contributed by atoms with van der Waals surface area (Å²) in [6.45, 7) is 1.85. The fraction of sp³-hybridized carbons (Fsp3) is 0.154. The molecule has 0 saturated carbocycles. The smallest absolute Gasteiger partial charge is 0.178 e. The Balaban J connectivity index is 2.21. The van der Waals surface area contributed by atoms with Crippen molar-refractivity contribution in [1.82, 2.24) is 0 Å². The third kappa shape index (κ3) is 2.74. The third-order valence-corrected chi connectivity index (χ3v) is 4.53. The summed E-state index contributed by atoms with van der Waals surface area (Å²) in [4.78, 5) is 12.6. The van der Waals surface area contributed by atoms with Crippen molar-refractivity contribution in [3.8, 4) is 0 Å². The van der Waals surface area contributed by atoms with Gasteiger partial charge >= 0.3 is 0 Å². The normalized spacial score (nSPS) is 10.7. The molecule has 0 aliphatic heterocycles. The second-order valence-electron chi connectivity index (χ2n) is 3.91. The number of halogens is 3. The molecule has 0 aliphatic carbocycles. The number of hydrogen-bond donors (Lipinski definition) is 0. The molecule has 1 aromatic heterocycles. The van der Waals surface area contributed by atoms with E-state index in [2.05, 4.69) is 0 Å². The minimum Gasteiger partial charge on any atom is -0.293 e. The van der Waals surface area contributed by atoms with Crippen LogP contribution in [0.5, 0.6) is 0 Å². The van der Waals surface area contributed by atoms with Crippen molar-refractivity contribution in [2.75, 3.05) is 0 Å². The van der Waals surface area contributed by atoms with Crippen molar-refractivity contribution in [3.63, 3.8) is 0 Å². The van der Waals surface area contributed by atoms with Crippen molar-refractivity contribution in [1.29, 1.82) is 0 Å². The molecule has 5 heteroatoms. The van der Waals surface area contributed by atoms with E-state index in [9.17, 15) is 9.18 Å². The van der Waals surface area contributed by atoms with Crippen LogP contribution in [0.1, 0.15) is 20.8 Å². The topological polar surface area (TPSA) is 17.1 Å². The molecule has 1 heterocycles. The van der Waals surface area contributed by atoms with Gasteiger partial charge in [0.1, 0.15) is 5.82 Å². The number of hydrogen-bond acceptors (Lipinski definition) is 2. The lowest BCUT2D eigenvalue weighted by molar-refractivity contribution is 0.0997. The maximum absolute atomic E-state index is 13.0.